The molecule has 2 aliphatic rings. The first kappa shape index (κ1) is 23.2. The van der Waals surface area contributed by atoms with Crippen LogP contribution in [0.3, 0.4) is 0 Å². The highest BCUT2D eigenvalue weighted by molar-refractivity contribution is 7.15. The summed E-state index contributed by atoms with van der Waals surface area (Å²) in [5.41, 5.74) is 1.58. The van der Waals surface area contributed by atoms with Crippen LogP contribution in [-0.2, 0) is 0 Å². The lowest BCUT2D eigenvalue weighted by Crippen LogP contribution is -2.34. The number of pyridine rings is 1. The first-order valence-corrected chi connectivity index (χ1v) is 12.7. The Kier molecular flexibility index (Phi) is 6.34. The van der Waals surface area contributed by atoms with Gasteiger partial charge >= 0.3 is 0 Å². The number of aryl methyl sites for hydroxylation is 1. The Morgan fingerprint density at radius 2 is 2.03 bits per heavy atom. The lowest BCUT2D eigenvalue weighted by molar-refractivity contribution is 0.0554. The van der Waals surface area contributed by atoms with Crippen molar-refractivity contribution in [1.29, 1.82) is 0 Å². The van der Waals surface area contributed by atoms with Crippen LogP contribution in [0, 0.1) is 12.8 Å². The van der Waals surface area contributed by atoms with Crippen molar-refractivity contribution in [1.82, 2.24) is 14.9 Å². The normalized spacial score (nSPS) is 21.0. The maximum absolute atomic E-state index is 13.5. The smallest absolute Gasteiger partial charge is 0.274 e. The summed E-state index contributed by atoms with van der Waals surface area (Å²) in [5, 5.41) is 14.9. The second-order valence-corrected chi connectivity index (χ2v) is 11.3. The van der Waals surface area contributed by atoms with Crippen LogP contribution in [0.25, 0.3) is 10.4 Å². The van der Waals surface area contributed by atoms with Gasteiger partial charge in [0.05, 0.1) is 15.5 Å². The fourth-order valence-electron chi connectivity index (χ4n) is 4.34. The molecule has 2 aromatic rings. The molecular weight excluding hydrogens is 420 g/mol. The van der Waals surface area contributed by atoms with Crippen LogP contribution in [0.15, 0.2) is 12.3 Å². The minimum atomic E-state index is -0.920. The third-order valence-corrected chi connectivity index (χ3v) is 8.42. The Bertz CT molecular complexity index is 992. The van der Waals surface area contributed by atoms with Crippen LogP contribution in [0.4, 0.5) is 5.82 Å². The molecule has 2 N–H and O–H groups in total. The zero-order valence-electron chi connectivity index (χ0n) is 20.1. The highest BCUT2D eigenvalue weighted by Crippen LogP contribution is 2.40. The van der Waals surface area contributed by atoms with E-state index in [0.29, 0.717) is 11.7 Å². The van der Waals surface area contributed by atoms with Crippen molar-refractivity contribution in [2.45, 2.75) is 90.8 Å². The number of thiazole rings is 1. The Morgan fingerprint density at radius 1 is 1.31 bits per heavy atom. The monoisotopic (exact) mass is 456 g/mol. The number of hydrogen-bond donors (Lipinski definition) is 2. The minimum absolute atomic E-state index is 0.0144. The molecule has 174 valence electrons. The van der Waals surface area contributed by atoms with Crippen LogP contribution in [-0.4, -0.2) is 50.1 Å². The molecule has 6 nitrogen and oxygen atoms in total. The topological polar surface area (TPSA) is 78.4 Å². The van der Waals surface area contributed by atoms with Gasteiger partial charge in [0.1, 0.15) is 11.5 Å². The number of aromatic nitrogens is 2. The zero-order chi connectivity index (χ0) is 23.2. The second kappa shape index (κ2) is 8.75. The number of hydrogen-bond acceptors (Lipinski definition) is 6. The number of amides is 1. The van der Waals surface area contributed by atoms with Crippen molar-refractivity contribution in [2.75, 3.05) is 11.9 Å². The average Bonchev–Trinajstić information content (AvgIpc) is 3.35. The van der Waals surface area contributed by atoms with E-state index in [1.54, 1.807) is 13.8 Å². The van der Waals surface area contributed by atoms with Crippen molar-refractivity contribution < 1.29 is 9.90 Å². The van der Waals surface area contributed by atoms with E-state index in [0.717, 1.165) is 52.1 Å². The molecule has 0 spiro atoms. The molecule has 1 saturated heterocycles. The number of carbonyl (C=O) groups is 1. The van der Waals surface area contributed by atoms with Gasteiger partial charge < -0.3 is 15.3 Å². The predicted octanol–water partition coefficient (Wildman–Crippen LogP) is 5.22. The van der Waals surface area contributed by atoms with Gasteiger partial charge in [0, 0.05) is 36.3 Å². The number of carbonyl (C=O) groups excluding carboxylic acids is 1. The highest BCUT2D eigenvalue weighted by Gasteiger charge is 2.34. The van der Waals surface area contributed by atoms with Gasteiger partial charge in [0.15, 0.2) is 0 Å². The van der Waals surface area contributed by atoms with Gasteiger partial charge in [-0.25, -0.2) is 9.97 Å². The van der Waals surface area contributed by atoms with Gasteiger partial charge in [0.25, 0.3) is 5.91 Å². The molecule has 3 heterocycles. The zero-order valence-corrected chi connectivity index (χ0v) is 20.9. The first-order chi connectivity index (χ1) is 15.1. The van der Waals surface area contributed by atoms with E-state index in [1.165, 1.54) is 24.2 Å². The van der Waals surface area contributed by atoms with Gasteiger partial charge in [-0.2, -0.15) is 0 Å². The molecule has 2 fully saturated rings. The Morgan fingerprint density at radius 3 is 2.59 bits per heavy atom. The molecule has 1 aliphatic heterocycles. The second-order valence-electron chi connectivity index (χ2n) is 10.2. The summed E-state index contributed by atoms with van der Waals surface area (Å²) in [4.78, 5) is 25.8. The predicted molar refractivity (Wildman–Crippen MR) is 130 cm³/mol. The molecule has 2 aromatic heterocycles. The number of rotatable bonds is 7. The molecule has 0 aromatic carbocycles. The quantitative estimate of drug-likeness (QED) is 0.597. The van der Waals surface area contributed by atoms with E-state index in [-0.39, 0.29) is 17.9 Å². The molecule has 1 saturated carbocycles. The summed E-state index contributed by atoms with van der Waals surface area (Å²) in [6, 6.07) is 2.71. The fourth-order valence-corrected chi connectivity index (χ4v) is 5.71. The van der Waals surface area contributed by atoms with E-state index < -0.39 is 5.60 Å². The van der Waals surface area contributed by atoms with E-state index in [9.17, 15) is 9.90 Å². The number of nitrogens with zero attached hydrogens (tertiary/aromatic N) is 3. The van der Waals surface area contributed by atoms with Crippen molar-refractivity contribution >= 4 is 23.1 Å². The largest absolute Gasteiger partial charge is 0.390 e. The Labute approximate surface area is 195 Å². The average molecular weight is 457 g/mol. The van der Waals surface area contributed by atoms with E-state index in [1.807, 2.05) is 18.0 Å². The van der Waals surface area contributed by atoms with Gasteiger partial charge in [-0.15, -0.1) is 11.3 Å². The SMILES string of the molecule is Cc1cc(N[C@H](C)C2CC2)ncc1-c1sc([C@H](C)C(C)(C)O)nc1C(=O)N1CCC[C@@H]1C. The van der Waals surface area contributed by atoms with Crippen LogP contribution >= 0.6 is 11.3 Å². The standard InChI is InChI=1S/C25H36N4O2S/c1-14-12-20(27-17(4)18-9-10-18)26-13-19(14)22-21(24(30)29-11-7-8-15(29)2)28-23(32-22)16(3)25(5,6)31/h12-13,15-18,31H,7-11H2,1-6H3,(H,26,27)/t15-,16-,17+/m0/s1. The molecule has 3 atom stereocenters. The van der Waals surface area contributed by atoms with E-state index >= 15 is 0 Å². The summed E-state index contributed by atoms with van der Waals surface area (Å²) in [6.45, 7) is 12.7. The molecule has 0 bridgehead atoms. The van der Waals surface area contributed by atoms with E-state index in [2.05, 4.69) is 37.1 Å². The third-order valence-electron chi connectivity index (χ3n) is 7.15. The highest BCUT2D eigenvalue weighted by atomic mass is 32.1. The third kappa shape index (κ3) is 4.69. The molecule has 1 aliphatic carbocycles. The summed E-state index contributed by atoms with van der Waals surface area (Å²) >= 11 is 1.51. The van der Waals surface area contributed by atoms with Gasteiger partial charge in [-0.05, 0) is 77.8 Å². The Hall–Kier alpha value is -1.99. The molecule has 32 heavy (non-hydrogen) atoms. The maximum Gasteiger partial charge on any atom is 0.274 e. The summed E-state index contributed by atoms with van der Waals surface area (Å²) in [5.74, 6) is 1.42. The molecule has 7 heteroatoms. The lowest BCUT2D eigenvalue weighted by atomic mass is 9.94. The summed E-state index contributed by atoms with van der Waals surface area (Å²) < 4.78 is 0. The molecule has 0 unspecified atom stereocenters. The first-order valence-electron chi connectivity index (χ1n) is 11.8. The number of aliphatic hydroxyl groups is 1. The van der Waals surface area contributed by atoms with E-state index in [4.69, 9.17) is 4.98 Å². The number of likely N-dealkylation sites (tertiary alicyclic amines) is 1. The van der Waals surface area contributed by atoms with Crippen molar-refractivity contribution in [3.8, 4) is 10.4 Å². The lowest BCUT2D eigenvalue weighted by Gasteiger charge is -2.23. The number of nitrogens with one attached hydrogen (secondary N) is 1. The van der Waals surface area contributed by atoms with Crippen LogP contribution in [0.5, 0.6) is 0 Å². The summed E-state index contributed by atoms with van der Waals surface area (Å²) in [6.07, 6.45) is 6.49. The van der Waals surface area contributed by atoms with Crippen molar-refractivity contribution in [3.05, 3.63) is 28.5 Å². The van der Waals surface area contributed by atoms with Gasteiger partial charge in [-0.1, -0.05) is 6.92 Å². The Balaban J connectivity index is 1.71. The van der Waals surface area contributed by atoms with Crippen LogP contribution in [0.1, 0.15) is 87.3 Å². The fraction of sp³-hybridized carbons (Fsp3) is 0.640. The van der Waals surface area contributed by atoms with Crippen molar-refractivity contribution in [2.24, 2.45) is 5.92 Å². The summed E-state index contributed by atoms with van der Waals surface area (Å²) in [7, 11) is 0. The maximum atomic E-state index is 13.5. The minimum Gasteiger partial charge on any atom is -0.390 e. The van der Waals surface area contributed by atoms with Gasteiger partial charge in [-0.3, -0.25) is 4.79 Å². The molecule has 1 amide bonds. The van der Waals surface area contributed by atoms with Crippen LogP contribution < -0.4 is 5.32 Å². The molecule has 0 radical (unpaired) electrons. The molecule has 4 rings (SSSR count). The van der Waals surface area contributed by atoms with Gasteiger partial charge in [0.2, 0.25) is 0 Å². The number of anilines is 1. The molecular formula is C25H36N4O2S. The van der Waals surface area contributed by atoms with Crippen LogP contribution in [0.2, 0.25) is 0 Å². The van der Waals surface area contributed by atoms with Crippen molar-refractivity contribution in [3.63, 3.8) is 0 Å².